The third kappa shape index (κ3) is 3.12. The first kappa shape index (κ1) is 15.1. The van der Waals surface area contributed by atoms with E-state index >= 15 is 0 Å². The molecule has 3 aromatic carbocycles. The molecule has 3 atom stereocenters. The second kappa shape index (κ2) is 7.00. The van der Waals surface area contributed by atoms with Gasteiger partial charge in [0.05, 0.1) is 6.61 Å². The van der Waals surface area contributed by atoms with Gasteiger partial charge in [-0.05, 0) is 16.7 Å². The van der Waals surface area contributed by atoms with Crippen LogP contribution in [-0.4, -0.2) is 6.61 Å². The fourth-order valence-electron chi connectivity index (χ4n) is 3.22. The first-order chi connectivity index (χ1) is 11.9. The topological polar surface area (TPSA) is 18.5 Å². The SMILES string of the molecule is c1ccc([C@H]2OC[C@H](c3ccccc3)O[C@@H]2c2ccccc2)cc1. The molecule has 1 aliphatic heterocycles. The maximum atomic E-state index is 6.50. The molecule has 0 aromatic heterocycles. The van der Waals surface area contributed by atoms with Crippen LogP contribution in [0.15, 0.2) is 91.0 Å². The van der Waals surface area contributed by atoms with Gasteiger partial charge in [-0.1, -0.05) is 91.0 Å². The van der Waals surface area contributed by atoms with E-state index in [2.05, 4.69) is 36.4 Å². The Morgan fingerprint density at radius 3 is 1.54 bits per heavy atom. The quantitative estimate of drug-likeness (QED) is 0.656. The van der Waals surface area contributed by atoms with Crippen molar-refractivity contribution in [3.05, 3.63) is 108 Å². The average molecular weight is 316 g/mol. The van der Waals surface area contributed by atoms with Crippen LogP contribution < -0.4 is 0 Å². The lowest BCUT2D eigenvalue weighted by Crippen LogP contribution is -2.29. The Labute approximate surface area is 142 Å². The van der Waals surface area contributed by atoms with E-state index in [0.717, 1.165) is 16.7 Å². The largest absolute Gasteiger partial charge is 0.367 e. The lowest BCUT2D eigenvalue weighted by Gasteiger charge is -2.37. The summed E-state index contributed by atoms with van der Waals surface area (Å²) in [4.78, 5) is 0. The van der Waals surface area contributed by atoms with Crippen molar-refractivity contribution in [1.82, 2.24) is 0 Å². The minimum atomic E-state index is -0.118. The molecule has 0 aliphatic carbocycles. The van der Waals surface area contributed by atoms with Gasteiger partial charge in [-0.15, -0.1) is 0 Å². The molecule has 3 aromatic rings. The number of rotatable bonds is 3. The summed E-state index contributed by atoms with van der Waals surface area (Å²) in [7, 11) is 0. The van der Waals surface area contributed by atoms with Crippen molar-refractivity contribution >= 4 is 0 Å². The Hall–Kier alpha value is -2.42. The fourth-order valence-corrected chi connectivity index (χ4v) is 3.22. The standard InChI is InChI=1S/C22H20O2/c1-4-10-17(11-5-1)20-16-23-21(18-12-6-2-7-13-18)22(24-20)19-14-8-3-9-15-19/h1-15,20-22H,16H2/t20-,21-,22-/m1/s1. The van der Waals surface area contributed by atoms with Gasteiger partial charge in [0.15, 0.2) is 0 Å². The van der Waals surface area contributed by atoms with Crippen molar-refractivity contribution in [2.75, 3.05) is 6.61 Å². The summed E-state index contributed by atoms with van der Waals surface area (Å²) in [5.41, 5.74) is 3.45. The normalized spacial score (nSPS) is 23.8. The minimum absolute atomic E-state index is 0.0450. The van der Waals surface area contributed by atoms with Crippen molar-refractivity contribution < 1.29 is 9.47 Å². The summed E-state index contributed by atoms with van der Waals surface area (Å²) in [6.45, 7) is 0.562. The van der Waals surface area contributed by atoms with E-state index in [0.29, 0.717) is 6.61 Å². The number of hydrogen-bond acceptors (Lipinski definition) is 2. The molecule has 0 N–H and O–H groups in total. The van der Waals surface area contributed by atoms with Crippen molar-refractivity contribution in [1.29, 1.82) is 0 Å². The van der Waals surface area contributed by atoms with Gasteiger partial charge < -0.3 is 9.47 Å². The van der Waals surface area contributed by atoms with Gasteiger partial charge in [0.25, 0.3) is 0 Å². The first-order valence-electron chi connectivity index (χ1n) is 8.34. The molecule has 0 radical (unpaired) electrons. The van der Waals surface area contributed by atoms with Crippen LogP contribution in [0.2, 0.25) is 0 Å². The number of hydrogen-bond donors (Lipinski definition) is 0. The van der Waals surface area contributed by atoms with E-state index in [1.807, 2.05) is 54.6 Å². The molecule has 4 rings (SSSR count). The highest BCUT2D eigenvalue weighted by atomic mass is 16.6. The Morgan fingerprint density at radius 2 is 1.00 bits per heavy atom. The van der Waals surface area contributed by atoms with Gasteiger partial charge >= 0.3 is 0 Å². The van der Waals surface area contributed by atoms with Crippen LogP contribution in [0.1, 0.15) is 35.0 Å². The molecule has 24 heavy (non-hydrogen) atoms. The van der Waals surface area contributed by atoms with Crippen LogP contribution in [0.25, 0.3) is 0 Å². The maximum absolute atomic E-state index is 6.50. The molecular weight excluding hydrogens is 296 g/mol. The Morgan fingerprint density at radius 1 is 0.542 bits per heavy atom. The summed E-state index contributed by atoms with van der Waals surface area (Å²) >= 11 is 0. The van der Waals surface area contributed by atoms with E-state index in [-0.39, 0.29) is 18.3 Å². The van der Waals surface area contributed by atoms with Crippen molar-refractivity contribution in [2.24, 2.45) is 0 Å². The van der Waals surface area contributed by atoms with Crippen molar-refractivity contribution in [2.45, 2.75) is 18.3 Å². The van der Waals surface area contributed by atoms with Gasteiger partial charge in [0.1, 0.15) is 18.3 Å². The predicted molar refractivity (Wildman–Crippen MR) is 94.6 cm³/mol. The van der Waals surface area contributed by atoms with Crippen LogP contribution in [0.4, 0.5) is 0 Å². The lowest BCUT2D eigenvalue weighted by molar-refractivity contribution is -0.189. The van der Waals surface area contributed by atoms with Crippen LogP contribution in [0.3, 0.4) is 0 Å². The van der Waals surface area contributed by atoms with Gasteiger partial charge in [0, 0.05) is 0 Å². The highest BCUT2D eigenvalue weighted by molar-refractivity contribution is 5.27. The third-order valence-corrected chi connectivity index (χ3v) is 4.44. The second-order valence-electron chi connectivity index (χ2n) is 6.03. The fraction of sp³-hybridized carbons (Fsp3) is 0.182. The van der Waals surface area contributed by atoms with Crippen LogP contribution in [0, 0.1) is 0 Å². The van der Waals surface area contributed by atoms with Gasteiger partial charge in [0.2, 0.25) is 0 Å². The molecule has 120 valence electrons. The second-order valence-corrected chi connectivity index (χ2v) is 6.03. The van der Waals surface area contributed by atoms with Gasteiger partial charge in [-0.3, -0.25) is 0 Å². The Bertz CT molecular complexity index is 756. The molecule has 2 heteroatoms. The first-order valence-corrected chi connectivity index (χ1v) is 8.34. The summed E-state index contributed by atoms with van der Waals surface area (Å²) in [6, 6.07) is 31.0. The Kier molecular flexibility index (Phi) is 4.41. The molecule has 0 amide bonds. The van der Waals surface area contributed by atoms with Crippen LogP contribution >= 0.6 is 0 Å². The van der Waals surface area contributed by atoms with Crippen LogP contribution in [0.5, 0.6) is 0 Å². The molecule has 1 fully saturated rings. The average Bonchev–Trinajstić information content (AvgIpc) is 2.69. The van der Waals surface area contributed by atoms with Gasteiger partial charge in [-0.2, -0.15) is 0 Å². The molecule has 0 spiro atoms. The highest BCUT2D eigenvalue weighted by Crippen LogP contribution is 2.43. The van der Waals surface area contributed by atoms with E-state index in [9.17, 15) is 0 Å². The monoisotopic (exact) mass is 316 g/mol. The number of benzene rings is 3. The lowest BCUT2D eigenvalue weighted by atomic mass is 9.96. The molecule has 0 unspecified atom stereocenters. The van der Waals surface area contributed by atoms with Gasteiger partial charge in [-0.25, -0.2) is 0 Å². The molecular formula is C22H20O2. The van der Waals surface area contributed by atoms with E-state index in [1.54, 1.807) is 0 Å². The summed E-state index contributed by atoms with van der Waals surface area (Å²) in [5.74, 6) is 0. The minimum Gasteiger partial charge on any atom is -0.367 e. The molecule has 1 heterocycles. The molecule has 1 saturated heterocycles. The smallest absolute Gasteiger partial charge is 0.114 e. The summed E-state index contributed by atoms with van der Waals surface area (Å²) in [6.07, 6.45) is -0.252. The van der Waals surface area contributed by atoms with E-state index in [4.69, 9.17) is 9.47 Å². The summed E-state index contributed by atoms with van der Waals surface area (Å²) in [5, 5.41) is 0. The van der Waals surface area contributed by atoms with Crippen molar-refractivity contribution in [3.63, 3.8) is 0 Å². The zero-order chi connectivity index (χ0) is 16.2. The van der Waals surface area contributed by atoms with E-state index < -0.39 is 0 Å². The van der Waals surface area contributed by atoms with Crippen LogP contribution in [-0.2, 0) is 9.47 Å². The maximum Gasteiger partial charge on any atom is 0.114 e. The molecule has 0 bridgehead atoms. The molecule has 0 saturated carbocycles. The third-order valence-electron chi connectivity index (χ3n) is 4.44. The molecule has 2 nitrogen and oxygen atoms in total. The van der Waals surface area contributed by atoms with E-state index in [1.165, 1.54) is 0 Å². The summed E-state index contributed by atoms with van der Waals surface area (Å²) < 4.78 is 12.8. The molecule has 1 aliphatic rings. The highest BCUT2D eigenvalue weighted by Gasteiger charge is 2.34. The Balaban J connectivity index is 1.67. The number of ether oxygens (including phenoxy) is 2. The zero-order valence-electron chi connectivity index (χ0n) is 13.4. The predicted octanol–water partition coefficient (Wildman–Crippen LogP) is 5.26. The van der Waals surface area contributed by atoms with Crippen molar-refractivity contribution in [3.8, 4) is 0 Å². The zero-order valence-corrected chi connectivity index (χ0v) is 13.4.